The highest BCUT2D eigenvalue weighted by Gasteiger charge is 2.23. The molecule has 1 aliphatic heterocycles. The van der Waals surface area contributed by atoms with Gasteiger partial charge < -0.3 is 20.4 Å². The Bertz CT molecular complexity index is 545. The lowest BCUT2D eigenvalue weighted by Crippen LogP contribution is -3.16. The summed E-state index contributed by atoms with van der Waals surface area (Å²) in [6.45, 7) is 9.11. The molecule has 0 spiro atoms. The van der Waals surface area contributed by atoms with Crippen LogP contribution in [0.2, 0.25) is 0 Å². The number of rotatable bonds is 7. The largest absolute Gasteiger partial charge is 0.362 e. The minimum absolute atomic E-state index is 0.136. The van der Waals surface area contributed by atoms with Crippen molar-refractivity contribution in [1.82, 2.24) is 15.5 Å². The molecule has 1 amide bonds. The lowest BCUT2D eigenvalue weighted by Gasteiger charge is -2.33. The number of piperazine rings is 1. The predicted octanol–water partition coefficient (Wildman–Crippen LogP) is 0.378. The first-order valence-electron chi connectivity index (χ1n) is 8.88. The third kappa shape index (κ3) is 7.63. The number of hydrogen-bond donors (Lipinski definition) is 3. The lowest BCUT2D eigenvalue weighted by molar-refractivity contribution is -0.895. The molecule has 1 aliphatic rings. The Labute approximate surface area is 160 Å². The van der Waals surface area contributed by atoms with Gasteiger partial charge in [-0.15, -0.1) is 11.8 Å². The van der Waals surface area contributed by atoms with Crippen LogP contribution in [0.5, 0.6) is 0 Å². The molecular weight excluding hydrogens is 352 g/mol. The summed E-state index contributed by atoms with van der Waals surface area (Å²) in [6, 6.07) is 10.6. The maximum absolute atomic E-state index is 11.8. The monoisotopic (exact) mass is 381 g/mol. The number of carbonyl (C=O) groups is 1. The molecule has 5 nitrogen and oxygen atoms in total. The third-order valence-electron chi connectivity index (χ3n) is 4.01. The smallest absolute Gasteiger partial charge is 0.275 e. The molecule has 1 aromatic carbocycles. The molecule has 0 saturated carbocycles. The molecule has 138 valence electrons. The molecule has 1 heterocycles. The molecule has 1 fully saturated rings. The van der Waals surface area contributed by atoms with Crippen LogP contribution < -0.4 is 15.5 Å². The second-order valence-corrected chi connectivity index (χ2v) is 8.08. The van der Waals surface area contributed by atoms with Crippen molar-refractivity contribution in [2.75, 3.05) is 45.0 Å². The van der Waals surface area contributed by atoms with E-state index in [1.807, 2.05) is 31.7 Å². The fraction of sp³-hybridized carbons (Fsp3) is 0.556. The Morgan fingerprint density at radius 3 is 2.60 bits per heavy atom. The molecule has 0 aliphatic carbocycles. The van der Waals surface area contributed by atoms with Crippen LogP contribution in [-0.2, 0) is 4.79 Å². The van der Waals surface area contributed by atoms with Gasteiger partial charge in [0.1, 0.15) is 0 Å². The van der Waals surface area contributed by atoms with Crippen LogP contribution in [0.1, 0.15) is 13.8 Å². The van der Waals surface area contributed by atoms with E-state index in [9.17, 15) is 4.79 Å². The molecular formula is C18H29N4OS2+. The average molecular weight is 382 g/mol. The Morgan fingerprint density at radius 1 is 1.28 bits per heavy atom. The predicted molar refractivity (Wildman–Crippen MR) is 108 cm³/mol. The van der Waals surface area contributed by atoms with E-state index in [-0.39, 0.29) is 11.9 Å². The Kier molecular flexibility index (Phi) is 8.51. The first kappa shape index (κ1) is 20.0. The summed E-state index contributed by atoms with van der Waals surface area (Å²) >= 11 is 7.34. The van der Waals surface area contributed by atoms with Gasteiger partial charge in [-0.3, -0.25) is 4.79 Å². The van der Waals surface area contributed by atoms with Gasteiger partial charge in [0.05, 0.1) is 26.2 Å². The second-order valence-electron chi connectivity index (χ2n) is 6.53. The quantitative estimate of drug-likeness (QED) is 0.362. The molecule has 0 aromatic heterocycles. The van der Waals surface area contributed by atoms with Gasteiger partial charge in [-0.2, -0.15) is 0 Å². The summed E-state index contributed by atoms with van der Waals surface area (Å²) < 4.78 is 0. The van der Waals surface area contributed by atoms with Gasteiger partial charge in [0.25, 0.3) is 5.91 Å². The van der Waals surface area contributed by atoms with Gasteiger partial charge in [0.2, 0.25) is 0 Å². The zero-order chi connectivity index (χ0) is 18.1. The highest BCUT2D eigenvalue weighted by atomic mass is 32.2. The Hall–Kier alpha value is -1.31. The van der Waals surface area contributed by atoms with E-state index in [0.29, 0.717) is 6.54 Å². The highest BCUT2D eigenvalue weighted by Crippen LogP contribution is 2.15. The van der Waals surface area contributed by atoms with Crippen molar-refractivity contribution >= 4 is 35.0 Å². The van der Waals surface area contributed by atoms with Crippen LogP contribution in [0.3, 0.4) is 0 Å². The van der Waals surface area contributed by atoms with Crippen LogP contribution in [0.15, 0.2) is 35.2 Å². The van der Waals surface area contributed by atoms with Crippen LogP contribution in [0, 0.1) is 0 Å². The molecule has 0 atom stereocenters. The molecule has 3 N–H and O–H groups in total. The lowest BCUT2D eigenvalue weighted by atomic mass is 10.3. The first-order chi connectivity index (χ1) is 12.0. The van der Waals surface area contributed by atoms with Gasteiger partial charge in [0, 0.05) is 23.2 Å². The van der Waals surface area contributed by atoms with Gasteiger partial charge >= 0.3 is 0 Å². The maximum atomic E-state index is 11.8. The van der Waals surface area contributed by atoms with E-state index in [0.717, 1.165) is 43.6 Å². The van der Waals surface area contributed by atoms with E-state index >= 15 is 0 Å². The number of nitrogens with zero attached hydrogens (tertiary/aromatic N) is 1. The number of carbonyl (C=O) groups excluding carboxylic acids is 1. The van der Waals surface area contributed by atoms with Crippen molar-refractivity contribution in [2.45, 2.75) is 24.8 Å². The minimum atomic E-state index is 0.136. The molecule has 0 radical (unpaired) electrons. The number of nitrogens with one attached hydrogen (secondary N) is 3. The number of thiocarbonyl (C=S) groups is 1. The standard InChI is InChI=1S/C18H28N4OS2/c1-15(2)20-17(23)14-21-9-11-22(12-10-21)18(24)19-8-13-25-16-6-4-3-5-7-16/h3-7,15H,8-14H2,1-2H3,(H,19,24)(H,20,23)/p+1. The third-order valence-corrected chi connectivity index (χ3v) is 5.42. The van der Waals surface area contributed by atoms with Gasteiger partial charge in [0.15, 0.2) is 11.7 Å². The van der Waals surface area contributed by atoms with Crippen LogP contribution in [0.4, 0.5) is 0 Å². The summed E-state index contributed by atoms with van der Waals surface area (Å²) in [5.41, 5.74) is 0. The summed E-state index contributed by atoms with van der Waals surface area (Å²) in [5.74, 6) is 1.13. The SMILES string of the molecule is CC(C)NC(=O)C[NH+]1CCN(C(=S)NCCSc2ccccc2)CC1. The molecule has 0 bridgehead atoms. The van der Waals surface area contributed by atoms with Crippen molar-refractivity contribution in [3.05, 3.63) is 30.3 Å². The number of hydrogen-bond acceptors (Lipinski definition) is 3. The zero-order valence-corrected chi connectivity index (χ0v) is 16.7. The number of thioether (sulfide) groups is 1. The minimum Gasteiger partial charge on any atom is -0.362 e. The van der Waals surface area contributed by atoms with E-state index in [2.05, 4.69) is 39.8 Å². The van der Waals surface area contributed by atoms with Gasteiger partial charge in [-0.05, 0) is 38.2 Å². The second kappa shape index (κ2) is 10.6. The Balaban J connectivity index is 1.60. The topological polar surface area (TPSA) is 48.8 Å². The number of benzene rings is 1. The Morgan fingerprint density at radius 2 is 1.96 bits per heavy atom. The van der Waals surface area contributed by atoms with E-state index < -0.39 is 0 Å². The maximum Gasteiger partial charge on any atom is 0.275 e. The van der Waals surface area contributed by atoms with Crippen molar-refractivity contribution in [3.63, 3.8) is 0 Å². The summed E-state index contributed by atoms with van der Waals surface area (Å²) in [4.78, 5) is 16.7. The van der Waals surface area contributed by atoms with Gasteiger partial charge in [-0.25, -0.2) is 0 Å². The van der Waals surface area contributed by atoms with E-state index in [1.165, 1.54) is 9.80 Å². The fourth-order valence-corrected chi connectivity index (χ4v) is 3.83. The van der Waals surface area contributed by atoms with E-state index in [4.69, 9.17) is 12.2 Å². The van der Waals surface area contributed by atoms with Gasteiger partial charge in [-0.1, -0.05) is 18.2 Å². The van der Waals surface area contributed by atoms with E-state index in [1.54, 1.807) is 0 Å². The summed E-state index contributed by atoms with van der Waals surface area (Å²) in [7, 11) is 0. The van der Waals surface area contributed by atoms with Crippen molar-refractivity contribution in [3.8, 4) is 0 Å². The molecule has 1 saturated heterocycles. The van der Waals surface area contributed by atoms with Crippen molar-refractivity contribution < 1.29 is 9.69 Å². The molecule has 25 heavy (non-hydrogen) atoms. The van der Waals surface area contributed by atoms with Crippen LogP contribution >= 0.6 is 24.0 Å². The van der Waals surface area contributed by atoms with Crippen LogP contribution in [-0.4, -0.2) is 67.0 Å². The van der Waals surface area contributed by atoms with Crippen molar-refractivity contribution in [1.29, 1.82) is 0 Å². The molecule has 0 unspecified atom stereocenters. The van der Waals surface area contributed by atoms with Crippen LogP contribution in [0.25, 0.3) is 0 Å². The number of amides is 1. The molecule has 1 aromatic rings. The summed E-state index contributed by atoms with van der Waals surface area (Å²) in [5, 5.41) is 7.14. The first-order valence-corrected chi connectivity index (χ1v) is 10.3. The molecule has 7 heteroatoms. The average Bonchev–Trinajstić information content (AvgIpc) is 2.59. The zero-order valence-electron chi connectivity index (χ0n) is 15.1. The van der Waals surface area contributed by atoms with Crippen molar-refractivity contribution in [2.24, 2.45) is 0 Å². The summed E-state index contributed by atoms with van der Waals surface area (Å²) in [6.07, 6.45) is 0. The normalized spacial score (nSPS) is 15.2. The number of quaternary nitrogens is 1. The molecule has 2 rings (SSSR count). The highest BCUT2D eigenvalue weighted by molar-refractivity contribution is 7.99. The fourth-order valence-electron chi connectivity index (χ4n) is 2.76.